The van der Waals surface area contributed by atoms with Crippen molar-refractivity contribution in [3.8, 4) is 5.75 Å². The van der Waals surface area contributed by atoms with Crippen molar-refractivity contribution < 1.29 is 9.52 Å². The lowest BCUT2D eigenvalue weighted by atomic mass is 9.96. The summed E-state index contributed by atoms with van der Waals surface area (Å²) in [6, 6.07) is 28.5. The second-order valence-corrected chi connectivity index (χ2v) is 8.25. The fraction of sp³-hybridized carbons (Fsp3) is 0.222. The van der Waals surface area contributed by atoms with Gasteiger partial charge in [0.1, 0.15) is 11.3 Å². The Labute approximate surface area is 187 Å². The van der Waals surface area contributed by atoms with E-state index >= 15 is 0 Å². The van der Waals surface area contributed by atoms with Crippen molar-refractivity contribution in [1.29, 1.82) is 0 Å². The van der Waals surface area contributed by atoms with E-state index in [1.54, 1.807) is 18.2 Å². The molecule has 0 unspecified atom stereocenters. The van der Waals surface area contributed by atoms with Gasteiger partial charge in [0.25, 0.3) is 0 Å². The molecule has 2 heterocycles. The minimum absolute atomic E-state index is 0.0331. The van der Waals surface area contributed by atoms with Crippen LogP contribution in [0.25, 0.3) is 11.0 Å². The molecule has 3 aromatic carbocycles. The number of nitrogens with zero attached hydrogens (tertiary/aromatic N) is 2. The molecule has 0 amide bonds. The number of piperazine rings is 1. The maximum atomic E-state index is 12.5. The summed E-state index contributed by atoms with van der Waals surface area (Å²) in [5, 5.41) is 11.3. The molecular formula is C27H26N2O3. The molecule has 1 fully saturated rings. The Kier molecular flexibility index (Phi) is 5.75. The van der Waals surface area contributed by atoms with Crippen molar-refractivity contribution >= 4 is 11.0 Å². The Bertz CT molecular complexity index is 1210. The van der Waals surface area contributed by atoms with Gasteiger partial charge in [-0.25, -0.2) is 4.79 Å². The number of hydrogen-bond donors (Lipinski definition) is 1. The average molecular weight is 427 g/mol. The quantitative estimate of drug-likeness (QED) is 0.479. The van der Waals surface area contributed by atoms with E-state index in [2.05, 4.69) is 58.3 Å². The first-order valence-corrected chi connectivity index (χ1v) is 11.0. The summed E-state index contributed by atoms with van der Waals surface area (Å²) in [5.41, 5.74) is 2.84. The maximum absolute atomic E-state index is 12.5. The molecule has 5 nitrogen and oxygen atoms in total. The van der Waals surface area contributed by atoms with E-state index in [9.17, 15) is 9.90 Å². The largest absolute Gasteiger partial charge is 0.507 e. The Morgan fingerprint density at radius 2 is 1.34 bits per heavy atom. The molecule has 1 saturated heterocycles. The maximum Gasteiger partial charge on any atom is 0.344 e. The smallest absolute Gasteiger partial charge is 0.344 e. The highest BCUT2D eigenvalue weighted by Crippen LogP contribution is 2.31. The molecule has 5 heteroatoms. The average Bonchev–Trinajstić information content (AvgIpc) is 2.84. The Morgan fingerprint density at radius 3 is 1.97 bits per heavy atom. The third kappa shape index (κ3) is 4.05. The highest BCUT2D eigenvalue weighted by molar-refractivity contribution is 5.83. The van der Waals surface area contributed by atoms with Gasteiger partial charge < -0.3 is 9.52 Å². The molecule has 32 heavy (non-hydrogen) atoms. The molecule has 0 aliphatic carbocycles. The summed E-state index contributed by atoms with van der Waals surface area (Å²) >= 11 is 0. The topological polar surface area (TPSA) is 56.9 Å². The molecule has 0 saturated carbocycles. The van der Waals surface area contributed by atoms with Gasteiger partial charge in [0, 0.05) is 32.7 Å². The molecule has 0 atom stereocenters. The third-order valence-corrected chi connectivity index (χ3v) is 6.26. The zero-order valence-electron chi connectivity index (χ0n) is 17.9. The first-order chi connectivity index (χ1) is 15.7. The molecule has 162 valence electrons. The third-order valence-electron chi connectivity index (χ3n) is 6.26. The van der Waals surface area contributed by atoms with E-state index in [0.717, 1.165) is 26.2 Å². The zero-order valence-corrected chi connectivity index (χ0v) is 17.9. The lowest BCUT2D eigenvalue weighted by Gasteiger charge is -2.39. The van der Waals surface area contributed by atoms with Crippen molar-refractivity contribution in [2.45, 2.75) is 12.6 Å². The van der Waals surface area contributed by atoms with Crippen LogP contribution in [0.4, 0.5) is 0 Å². The summed E-state index contributed by atoms with van der Waals surface area (Å²) in [6.45, 7) is 3.74. The Balaban J connectivity index is 1.35. The van der Waals surface area contributed by atoms with E-state index in [0.29, 0.717) is 23.1 Å². The molecule has 5 rings (SSSR count). The highest BCUT2D eigenvalue weighted by Gasteiger charge is 2.27. The van der Waals surface area contributed by atoms with Gasteiger partial charge in [-0.3, -0.25) is 9.80 Å². The van der Waals surface area contributed by atoms with Crippen LogP contribution in [0.3, 0.4) is 0 Å². The fourth-order valence-corrected chi connectivity index (χ4v) is 4.60. The minimum Gasteiger partial charge on any atom is -0.507 e. The van der Waals surface area contributed by atoms with Gasteiger partial charge in [0.2, 0.25) is 0 Å². The molecule has 1 aliphatic rings. The molecule has 0 bridgehead atoms. The summed E-state index contributed by atoms with van der Waals surface area (Å²) in [5.74, 6) is 0.0331. The first-order valence-electron chi connectivity index (χ1n) is 11.0. The second kappa shape index (κ2) is 8.99. The van der Waals surface area contributed by atoms with Crippen LogP contribution in [0.1, 0.15) is 22.7 Å². The van der Waals surface area contributed by atoms with Crippen molar-refractivity contribution in [1.82, 2.24) is 9.80 Å². The van der Waals surface area contributed by atoms with Gasteiger partial charge in [-0.15, -0.1) is 0 Å². The van der Waals surface area contributed by atoms with Crippen LogP contribution >= 0.6 is 0 Å². The van der Waals surface area contributed by atoms with Crippen LogP contribution in [-0.4, -0.2) is 41.1 Å². The number of aromatic hydroxyl groups is 1. The van der Waals surface area contributed by atoms with Gasteiger partial charge in [-0.1, -0.05) is 72.8 Å². The molecule has 0 radical (unpaired) electrons. The number of rotatable bonds is 5. The van der Waals surface area contributed by atoms with E-state index in [1.165, 1.54) is 11.1 Å². The van der Waals surface area contributed by atoms with Crippen LogP contribution < -0.4 is 5.63 Å². The normalized spacial score (nSPS) is 15.4. The van der Waals surface area contributed by atoms with Gasteiger partial charge in [-0.05, 0) is 23.3 Å². The summed E-state index contributed by atoms with van der Waals surface area (Å²) in [7, 11) is 0. The van der Waals surface area contributed by atoms with Crippen molar-refractivity contribution in [2.75, 3.05) is 26.2 Å². The number of para-hydroxylation sites is 1. The molecule has 1 N–H and O–H groups in total. The second-order valence-electron chi connectivity index (χ2n) is 8.25. The van der Waals surface area contributed by atoms with Gasteiger partial charge in [0.05, 0.1) is 17.0 Å². The number of benzene rings is 3. The highest BCUT2D eigenvalue weighted by atomic mass is 16.4. The van der Waals surface area contributed by atoms with Crippen molar-refractivity contribution in [3.05, 3.63) is 112 Å². The van der Waals surface area contributed by atoms with Crippen molar-refractivity contribution in [2.24, 2.45) is 0 Å². The zero-order chi connectivity index (χ0) is 21.9. The van der Waals surface area contributed by atoms with E-state index < -0.39 is 5.63 Å². The van der Waals surface area contributed by atoms with E-state index in [1.807, 2.05) is 18.2 Å². The number of hydrogen-bond acceptors (Lipinski definition) is 5. The summed E-state index contributed by atoms with van der Waals surface area (Å²) in [6.07, 6.45) is 0. The Morgan fingerprint density at radius 1 is 0.781 bits per heavy atom. The molecule has 1 aromatic heterocycles. The van der Waals surface area contributed by atoms with Crippen LogP contribution in [0.5, 0.6) is 5.75 Å². The SMILES string of the molecule is O=c1oc2ccccc2c(O)c1CN1CCN(C(c2ccccc2)c2ccccc2)CC1. The summed E-state index contributed by atoms with van der Waals surface area (Å²) < 4.78 is 5.44. The molecule has 0 spiro atoms. The minimum atomic E-state index is -0.463. The lowest BCUT2D eigenvalue weighted by molar-refractivity contribution is 0.103. The predicted octanol–water partition coefficient (Wildman–Crippen LogP) is 4.41. The first kappa shape index (κ1) is 20.5. The fourth-order valence-electron chi connectivity index (χ4n) is 4.60. The standard InChI is InChI=1S/C27H26N2O3/c30-26-22-13-7-8-14-24(22)32-27(31)23(26)19-28-15-17-29(18-16-28)25(20-9-3-1-4-10-20)21-11-5-2-6-12-21/h1-14,25,30H,15-19H2. The Hall–Kier alpha value is -3.41. The van der Waals surface area contributed by atoms with Gasteiger partial charge in [0.15, 0.2) is 0 Å². The monoisotopic (exact) mass is 426 g/mol. The van der Waals surface area contributed by atoms with E-state index in [4.69, 9.17) is 4.42 Å². The molecule has 4 aromatic rings. The van der Waals surface area contributed by atoms with Crippen LogP contribution in [0, 0.1) is 0 Å². The lowest BCUT2D eigenvalue weighted by Crippen LogP contribution is -2.47. The summed E-state index contributed by atoms with van der Waals surface area (Å²) in [4.78, 5) is 17.2. The molecule has 1 aliphatic heterocycles. The van der Waals surface area contributed by atoms with Crippen LogP contribution in [-0.2, 0) is 6.54 Å². The van der Waals surface area contributed by atoms with Crippen LogP contribution in [0.2, 0.25) is 0 Å². The van der Waals surface area contributed by atoms with Gasteiger partial charge >= 0.3 is 5.63 Å². The molecular weight excluding hydrogens is 400 g/mol. The number of fused-ring (bicyclic) bond motifs is 1. The van der Waals surface area contributed by atoms with Crippen molar-refractivity contribution in [3.63, 3.8) is 0 Å². The van der Waals surface area contributed by atoms with E-state index in [-0.39, 0.29) is 11.8 Å². The van der Waals surface area contributed by atoms with Crippen LogP contribution in [0.15, 0.2) is 94.1 Å². The van der Waals surface area contributed by atoms with Gasteiger partial charge in [-0.2, -0.15) is 0 Å². The predicted molar refractivity (Wildman–Crippen MR) is 126 cm³/mol.